The molecule has 1 fully saturated rings. The van der Waals surface area contributed by atoms with E-state index >= 15 is 0 Å². The molecule has 1 N–H and O–H groups in total. The highest BCUT2D eigenvalue weighted by Gasteiger charge is 2.45. The highest BCUT2D eigenvalue weighted by atomic mass is 19.3. The Bertz CT molecular complexity index is 1480. The smallest absolute Gasteiger partial charge is 0.321 e. The van der Waals surface area contributed by atoms with Crippen LogP contribution in [0.3, 0.4) is 0 Å². The first-order valence-electron chi connectivity index (χ1n) is 11.5. The zero-order valence-corrected chi connectivity index (χ0v) is 20.0. The maximum Gasteiger partial charge on any atom is 0.321 e. The third kappa shape index (κ3) is 4.62. The molecular formula is C27H23F3N4O3. The summed E-state index contributed by atoms with van der Waals surface area (Å²) in [5.41, 5.74) is 2.54. The number of nitrogens with one attached hydrogen (secondary N) is 1. The summed E-state index contributed by atoms with van der Waals surface area (Å²) >= 11 is 0. The molecule has 1 aliphatic rings. The van der Waals surface area contributed by atoms with Gasteiger partial charge in [0.25, 0.3) is 5.91 Å². The summed E-state index contributed by atoms with van der Waals surface area (Å²) < 4.78 is 47.8. The van der Waals surface area contributed by atoms with Crippen molar-refractivity contribution in [3.05, 3.63) is 84.3 Å². The molecule has 37 heavy (non-hydrogen) atoms. The Hall–Kier alpha value is -4.34. The number of rotatable bonds is 6. The summed E-state index contributed by atoms with van der Waals surface area (Å²) in [5, 5.41) is 7.47. The first kappa shape index (κ1) is 24.4. The van der Waals surface area contributed by atoms with E-state index in [-0.39, 0.29) is 18.1 Å². The minimum absolute atomic E-state index is 0.156. The van der Waals surface area contributed by atoms with E-state index in [1.807, 2.05) is 0 Å². The summed E-state index contributed by atoms with van der Waals surface area (Å²) in [6.07, 6.45) is 1.47. The van der Waals surface area contributed by atoms with Gasteiger partial charge in [0.05, 0.1) is 36.6 Å². The highest BCUT2D eigenvalue weighted by Crippen LogP contribution is 2.40. The van der Waals surface area contributed by atoms with Crippen molar-refractivity contribution in [1.82, 2.24) is 15.1 Å². The van der Waals surface area contributed by atoms with Crippen molar-refractivity contribution >= 4 is 28.4 Å². The molecule has 2 heterocycles. The lowest BCUT2D eigenvalue weighted by Crippen LogP contribution is -2.46. The van der Waals surface area contributed by atoms with E-state index in [1.54, 1.807) is 65.5 Å². The maximum atomic E-state index is 13.7. The Balaban J connectivity index is 1.56. The number of nitrogens with zero attached hydrogens (tertiary/aromatic N) is 3. The summed E-state index contributed by atoms with van der Waals surface area (Å²) in [6, 6.07) is 16.5. The van der Waals surface area contributed by atoms with Gasteiger partial charge in [-0.3, -0.25) is 9.59 Å². The first-order valence-corrected chi connectivity index (χ1v) is 11.5. The molecule has 1 aliphatic heterocycles. The second-order valence-corrected chi connectivity index (χ2v) is 8.93. The summed E-state index contributed by atoms with van der Waals surface area (Å²) in [6.45, 7) is 0.518. The van der Waals surface area contributed by atoms with Gasteiger partial charge in [0, 0.05) is 24.4 Å². The van der Waals surface area contributed by atoms with Crippen LogP contribution in [0.2, 0.25) is 0 Å². The van der Waals surface area contributed by atoms with E-state index in [0.717, 1.165) is 5.52 Å². The van der Waals surface area contributed by atoms with Gasteiger partial charge in [0.1, 0.15) is 11.6 Å². The van der Waals surface area contributed by atoms with E-state index in [9.17, 15) is 22.8 Å². The Labute approximate surface area is 210 Å². The van der Waals surface area contributed by atoms with E-state index in [4.69, 9.17) is 4.74 Å². The van der Waals surface area contributed by atoms with Gasteiger partial charge in [0.15, 0.2) is 0 Å². The predicted molar refractivity (Wildman–Crippen MR) is 131 cm³/mol. The molecule has 4 aromatic rings. The van der Waals surface area contributed by atoms with Crippen LogP contribution in [0.25, 0.3) is 16.6 Å². The van der Waals surface area contributed by atoms with Crippen molar-refractivity contribution in [3.8, 4) is 11.4 Å². The molecule has 2 unspecified atom stereocenters. The fraction of sp³-hybridized carbons (Fsp3) is 0.222. The van der Waals surface area contributed by atoms with Gasteiger partial charge in [0.2, 0.25) is 5.91 Å². The number of anilines is 1. The van der Waals surface area contributed by atoms with E-state index in [0.29, 0.717) is 35.0 Å². The van der Waals surface area contributed by atoms with Crippen molar-refractivity contribution < 1.29 is 27.5 Å². The van der Waals surface area contributed by atoms with Gasteiger partial charge < -0.3 is 15.0 Å². The monoisotopic (exact) mass is 508 g/mol. The van der Waals surface area contributed by atoms with Crippen molar-refractivity contribution in [3.63, 3.8) is 0 Å². The molecular weight excluding hydrogens is 485 g/mol. The molecule has 1 aromatic heterocycles. The molecule has 0 bridgehead atoms. The third-order valence-electron chi connectivity index (χ3n) is 6.37. The van der Waals surface area contributed by atoms with E-state index < -0.39 is 23.9 Å². The first-order chi connectivity index (χ1) is 17.7. The number of ether oxygens (including phenoxy) is 1. The third-order valence-corrected chi connectivity index (χ3v) is 6.37. The number of amides is 2. The molecule has 0 saturated carbocycles. The van der Waals surface area contributed by atoms with Crippen LogP contribution in [0.15, 0.2) is 72.9 Å². The summed E-state index contributed by atoms with van der Waals surface area (Å²) in [7, 11) is 1.50. The fourth-order valence-electron chi connectivity index (χ4n) is 4.63. The highest BCUT2D eigenvalue weighted by molar-refractivity contribution is 6.00. The number of hydrogen-bond donors (Lipinski definition) is 1. The van der Waals surface area contributed by atoms with E-state index in [2.05, 4.69) is 10.4 Å². The Morgan fingerprint density at radius 1 is 1.08 bits per heavy atom. The predicted octanol–water partition coefficient (Wildman–Crippen LogP) is 4.79. The second-order valence-electron chi connectivity index (χ2n) is 8.93. The van der Waals surface area contributed by atoms with Gasteiger partial charge in [-0.2, -0.15) is 13.9 Å². The summed E-state index contributed by atoms with van der Waals surface area (Å²) in [5.74, 6) is -5.21. The number of methoxy groups -OCH3 is 1. The molecule has 2 atom stereocenters. The van der Waals surface area contributed by atoms with Gasteiger partial charge in [-0.25, -0.2) is 9.07 Å². The van der Waals surface area contributed by atoms with Crippen LogP contribution in [0.4, 0.5) is 18.9 Å². The van der Waals surface area contributed by atoms with Crippen LogP contribution >= 0.6 is 0 Å². The maximum absolute atomic E-state index is 13.7. The normalized spacial score (nSPS) is 17.9. The fourth-order valence-corrected chi connectivity index (χ4v) is 4.63. The standard InChI is InChI=1S/C27H23F3N4O3/c1-27(29,30)26(36)32-22-14-24(35)33(25(22)16-4-3-5-21(13-16)37-2)20-10-11-23-17(12-20)15-31-34(23)19-8-6-18(28)7-9-19/h3-13,15,22,25H,14H2,1-2H3,(H,32,36). The lowest BCUT2D eigenvalue weighted by atomic mass is 9.99. The number of alkyl halides is 2. The molecule has 10 heteroatoms. The van der Waals surface area contributed by atoms with E-state index in [1.165, 1.54) is 24.1 Å². The lowest BCUT2D eigenvalue weighted by molar-refractivity contribution is -0.143. The SMILES string of the molecule is COc1cccc(C2C(NC(=O)C(C)(F)F)CC(=O)N2c2ccc3c(cnn3-c3ccc(F)cc3)c2)c1. The molecule has 7 nitrogen and oxygen atoms in total. The molecule has 0 radical (unpaired) electrons. The van der Waals surface area contributed by atoms with Gasteiger partial charge in [-0.05, 0) is 60.2 Å². The van der Waals surface area contributed by atoms with Crippen molar-refractivity contribution in [1.29, 1.82) is 0 Å². The Morgan fingerprint density at radius 3 is 2.51 bits per heavy atom. The number of halogens is 3. The number of hydrogen-bond acceptors (Lipinski definition) is 4. The lowest BCUT2D eigenvalue weighted by Gasteiger charge is -2.30. The average Bonchev–Trinajstić information content (AvgIpc) is 3.44. The minimum atomic E-state index is -3.59. The summed E-state index contributed by atoms with van der Waals surface area (Å²) in [4.78, 5) is 26.9. The molecule has 3 aromatic carbocycles. The van der Waals surface area contributed by atoms with Gasteiger partial charge in [-0.15, -0.1) is 0 Å². The van der Waals surface area contributed by atoms with Crippen molar-refractivity contribution in [2.24, 2.45) is 0 Å². The number of benzene rings is 3. The molecule has 1 saturated heterocycles. The Kier molecular flexibility index (Phi) is 6.10. The van der Waals surface area contributed by atoms with Crippen molar-refractivity contribution in [2.45, 2.75) is 31.4 Å². The van der Waals surface area contributed by atoms with Gasteiger partial charge in [-0.1, -0.05) is 12.1 Å². The zero-order chi connectivity index (χ0) is 26.3. The molecule has 2 amide bonds. The van der Waals surface area contributed by atoms with Crippen LogP contribution in [-0.4, -0.2) is 40.7 Å². The van der Waals surface area contributed by atoms with Crippen LogP contribution in [-0.2, 0) is 9.59 Å². The zero-order valence-electron chi connectivity index (χ0n) is 20.0. The molecule has 5 rings (SSSR count). The largest absolute Gasteiger partial charge is 0.497 e. The Morgan fingerprint density at radius 2 is 1.81 bits per heavy atom. The quantitative estimate of drug-likeness (QED) is 0.406. The van der Waals surface area contributed by atoms with Crippen LogP contribution in [0, 0.1) is 5.82 Å². The molecule has 0 aliphatic carbocycles. The number of carbonyl (C=O) groups is 2. The van der Waals surface area contributed by atoms with Crippen LogP contribution in [0.5, 0.6) is 5.75 Å². The molecule has 0 spiro atoms. The number of carbonyl (C=O) groups excluding carboxylic acids is 2. The van der Waals surface area contributed by atoms with Crippen LogP contribution < -0.4 is 15.0 Å². The second kappa shape index (κ2) is 9.27. The minimum Gasteiger partial charge on any atom is -0.497 e. The average molecular weight is 509 g/mol. The van der Waals surface area contributed by atoms with Crippen molar-refractivity contribution in [2.75, 3.05) is 12.0 Å². The van der Waals surface area contributed by atoms with Crippen LogP contribution in [0.1, 0.15) is 24.9 Å². The number of fused-ring (bicyclic) bond motifs is 1. The molecule has 190 valence electrons. The number of aromatic nitrogens is 2. The van der Waals surface area contributed by atoms with Gasteiger partial charge >= 0.3 is 5.92 Å². The topological polar surface area (TPSA) is 76.5 Å².